The number of nitrogens with zero attached hydrogens (tertiary/aromatic N) is 2. The summed E-state index contributed by atoms with van der Waals surface area (Å²) < 4.78 is 0.927. The number of benzene rings is 1. The highest BCUT2D eigenvalue weighted by Crippen LogP contribution is 2.27. The summed E-state index contributed by atoms with van der Waals surface area (Å²) in [4.78, 5) is 0. The molecule has 1 aromatic heterocycles. The summed E-state index contributed by atoms with van der Waals surface area (Å²) in [5.41, 5.74) is 3.38. The second-order valence-corrected chi connectivity index (χ2v) is 6.02. The molecule has 1 aromatic carbocycles. The molecular weight excluding hydrogens is 340 g/mol. The van der Waals surface area contributed by atoms with Crippen molar-refractivity contribution in [2.45, 2.75) is 32.8 Å². The van der Waals surface area contributed by atoms with Gasteiger partial charge in [-0.25, -0.2) is 0 Å². The standard InChI is InChI=1S/C15H16BrClN2O/c1-3-14-12(6-9(2)18-19-14)15(20)7-10-4-5-11(16)8-13(10)17/h4-6,8,15,20H,3,7H2,1-2H3. The lowest BCUT2D eigenvalue weighted by atomic mass is 9.99. The first-order valence-electron chi connectivity index (χ1n) is 6.46. The first kappa shape index (κ1) is 15.4. The number of halogens is 2. The van der Waals surface area contributed by atoms with E-state index in [1.165, 1.54) is 0 Å². The molecule has 1 N–H and O–H groups in total. The lowest BCUT2D eigenvalue weighted by molar-refractivity contribution is 0.176. The van der Waals surface area contributed by atoms with E-state index in [1.807, 2.05) is 38.1 Å². The van der Waals surface area contributed by atoms with Gasteiger partial charge in [0, 0.05) is 21.5 Å². The highest BCUT2D eigenvalue weighted by molar-refractivity contribution is 9.10. The number of hydrogen-bond acceptors (Lipinski definition) is 3. The Hall–Kier alpha value is -0.970. The van der Waals surface area contributed by atoms with E-state index in [-0.39, 0.29) is 0 Å². The van der Waals surface area contributed by atoms with Crippen molar-refractivity contribution in [3.63, 3.8) is 0 Å². The molecule has 0 aliphatic heterocycles. The van der Waals surface area contributed by atoms with Crippen LogP contribution in [0.4, 0.5) is 0 Å². The third-order valence-corrected chi connectivity index (χ3v) is 3.99. The van der Waals surface area contributed by atoms with Crippen LogP contribution in [0, 0.1) is 6.92 Å². The molecule has 0 radical (unpaired) electrons. The Morgan fingerprint density at radius 1 is 1.30 bits per heavy atom. The fourth-order valence-electron chi connectivity index (χ4n) is 2.10. The van der Waals surface area contributed by atoms with Crippen LogP contribution < -0.4 is 0 Å². The number of aliphatic hydroxyl groups is 1. The van der Waals surface area contributed by atoms with Crippen molar-refractivity contribution >= 4 is 27.5 Å². The van der Waals surface area contributed by atoms with Crippen molar-refractivity contribution < 1.29 is 5.11 Å². The van der Waals surface area contributed by atoms with Crippen LogP contribution in [0.2, 0.25) is 5.02 Å². The molecule has 0 bridgehead atoms. The highest BCUT2D eigenvalue weighted by Gasteiger charge is 2.16. The quantitative estimate of drug-likeness (QED) is 0.900. The smallest absolute Gasteiger partial charge is 0.0849 e. The molecular formula is C15H16BrClN2O. The van der Waals surface area contributed by atoms with Crippen molar-refractivity contribution in [3.05, 3.63) is 56.3 Å². The van der Waals surface area contributed by atoms with Gasteiger partial charge in [0.25, 0.3) is 0 Å². The van der Waals surface area contributed by atoms with Gasteiger partial charge in [0.1, 0.15) is 0 Å². The molecule has 1 heterocycles. The average Bonchev–Trinajstić information content (AvgIpc) is 2.41. The zero-order chi connectivity index (χ0) is 14.7. The predicted molar refractivity (Wildman–Crippen MR) is 84.0 cm³/mol. The maximum Gasteiger partial charge on any atom is 0.0849 e. The summed E-state index contributed by atoms with van der Waals surface area (Å²) in [6.45, 7) is 3.87. The SMILES string of the molecule is CCc1nnc(C)cc1C(O)Cc1ccc(Br)cc1Cl. The molecule has 5 heteroatoms. The Kier molecular flexibility index (Phi) is 5.13. The topological polar surface area (TPSA) is 46.0 Å². The highest BCUT2D eigenvalue weighted by atomic mass is 79.9. The van der Waals surface area contributed by atoms with Gasteiger partial charge < -0.3 is 5.11 Å². The van der Waals surface area contributed by atoms with Crippen LogP contribution in [0.5, 0.6) is 0 Å². The first-order chi connectivity index (χ1) is 9.51. The molecule has 0 saturated carbocycles. The summed E-state index contributed by atoms with van der Waals surface area (Å²) >= 11 is 9.57. The van der Waals surface area contributed by atoms with E-state index in [1.54, 1.807) is 0 Å². The van der Waals surface area contributed by atoms with Gasteiger partial charge in [0.15, 0.2) is 0 Å². The van der Waals surface area contributed by atoms with E-state index in [9.17, 15) is 5.11 Å². The number of rotatable bonds is 4. The number of aromatic nitrogens is 2. The number of hydrogen-bond donors (Lipinski definition) is 1. The predicted octanol–water partition coefficient (Wildman–Crippen LogP) is 4.04. The Bertz CT molecular complexity index is 619. The molecule has 106 valence electrons. The molecule has 0 amide bonds. The maximum absolute atomic E-state index is 10.5. The van der Waals surface area contributed by atoms with E-state index in [0.29, 0.717) is 11.4 Å². The summed E-state index contributed by atoms with van der Waals surface area (Å²) in [5.74, 6) is 0. The van der Waals surface area contributed by atoms with Crippen LogP contribution in [0.15, 0.2) is 28.7 Å². The summed E-state index contributed by atoms with van der Waals surface area (Å²) in [6, 6.07) is 7.57. The van der Waals surface area contributed by atoms with Gasteiger partial charge in [-0.3, -0.25) is 0 Å². The molecule has 0 spiro atoms. The minimum absolute atomic E-state index is 0.463. The lowest BCUT2D eigenvalue weighted by Gasteiger charge is -2.15. The van der Waals surface area contributed by atoms with Gasteiger partial charge in [-0.1, -0.05) is 40.5 Å². The monoisotopic (exact) mass is 354 g/mol. The zero-order valence-electron chi connectivity index (χ0n) is 11.4. The lowest BCUT2D eigenvalue weighted by Crippen LogP contribution is -2.09. The molecule has 1 unspecified atom stereocenters. The van der Waals surface area contributed by atoms with E-state index >= 15 is 0 Å². The van der Waals surface area contributed by atoms with Crippen molar-refractivity contribution in [2.24, 2.45) is 0 Å². The molecule has 0 saturated heterocycles. The van der Waals surface area contributed by atoms with Crippen LogP contribution in [0.1, 0.15) is 35.5 Å². The van der Waals surface area contributed by atoms with Crippen molar-refractivity contribution in [1.29, 1.82) is 0 Å². The second-order valence-electron chi connectivity index (χ2n) is 4.70. The summed E-state index contributed by atoms with van der Waals surface area (Å²) in [6.07, 6.45) is 0.579. The van der Waals surface area contributed by atoms with Crippen LogP contribution in [-0.2, 0) is 12.8 Å². The molecule has 0 aliphatic rings. The summed E-state index contributed by atoms with van der Waals surface area (Å²) in [7, 11) is 0. The van der Waals surface area contributed by atoms with E-state index in [0.717, 1.165) is 33.4 Å². The fraction of sp³-hybridized carbons (Fsp3) is 0.333. The molecule has 1 atom stereocenters. The van der Waals surface area contributed by atoms with Crippen LogP contribution in [0.3, 0.4) is 0 Å². The van der Waals surface area contributed by atoms with Crippen molar-refractivity contribution in [3.8, 4) is 0 Å². The third-order valence-electron chi connectivity index (χ3n) is 3.15. The van der Waals surface area contributed by atoms with Crippen LogP contribution in [-0.4, -0.2) is 15.3 Å². The van der Waals surface area contributed by atoms with E-state index < -0.39 is 6.10 Å². The van der Waals surface area contributed by atoms with Gasteiger partial charge in [0.2, 0.25) is 0 Å². The molecule has 20 heavy (non-hydrogen) atoms. The average molecular weight is 356 g/mol. The Labute approximate surface area is 132 Å². The minimum atomic E-state index is -0.627. The Balaban J connectivity index is 2.27. The van der Waals surface area contributed by atoms with E-state index in [2.05, 4.69) is 26.1 Å². The largest absolute Gasteiger partial charge is 0.388 e. The first-order valence-corrected chi connectivity index (χ1v) is 7.63. The number of aliphatic hydroxyl groups excluding tert-OH is 1. The van der Waals surface area contributed by atoms with Gasteiger partial charge in [-0.15, -0.1) is 0 Å². The molecule has 2 rings (SSSR count). The molecule has 2 aromatic rings. The maximum atomic E-state index is 10.5. The van der Waals surface area contributed by atoms with Crippen molar-refractivity contribution in [2.75, 3.05) is 0 Å². The normalized spacial score (nSPS) is 12.4. The molecule has 0 fully saturated rings. The van der Waals surface area contributed by atoms with Gasteiger partial charge in [-0.2, -0.15) is 10.2 Å². The van der Waals surface area contributed by atoms with E-state index in [4.69, 9.17) is 11.6 Å². The Morgan fingerprint density at radius 2 is 2.05 bits per heavy atom. The van der Waals surface area contributed by atoms with Gasteiger partial charge >= 0.3 is 0 Å². The second kappa shape index (κ2) is 6.66. The van der Waals surface area contributed by atoms with Crippen molar-refractivity contribution in [1.82, 2.24) is 10.2 Å². The minimum Gasteiger partial charge on any atom is -0.388 e. The zero-order valence-corrected chi connectivity index (χ0v) is 13.7. The van der Waals surface area contributed by atoms with Gasteiger partial charge in [-0.05, 0) is 37.1 Å². The van der Waals surface area contributed by atoms with Crippen LogP contribution in [0.25, 0.3) is 0 Å². The van der Waals surface area contributed by atoms with Crippen LogP contribution >= 0.6 is 27.5 Å². The fourth-order valence-corrected chi connectivity index (χ4v) is 2.85. The third kappa shape index (κ3) is 3.57. The number of aryl methyl sites for hydroxylation is 2. The molecule has 3 nitrogen and oxygen atoms in total. The van der Waals surface area contributed by atoms with Gasteiger partial charge in [0.05, 0.1) is 17.5 Å². The Morgan fingerprint density at radius 3 is 2.70 bits per heavy atom. The summed E-state index contributed by atoms with van der Waals surface area (Å²) in [5, 5.41) is 19.3. The molecule has 0 aliphatic carbocycles.